The standard InChI is InChI=1S/C19H27F2N3O3/c1-27-17-15(13-22-7-5-19(20,21)6-8-22)3-2-4-16(17)14-23-9-11-24(12-10-23)18(25)26/h2-4H,5-14H2,1H3,(H,25,26)/p-1. The van der Waals surface area contributed by atoms with E-state index < -0.39 is 12.0 Å². The van der Waals surface area contributed by atoms with Crippen molar-refractivity contribution in [2.45, 2.75) is 31.9 Å². The predicted molar refractivity (Wildman–Crippen MR) is 94.7 cm³/mol. The molecule has 27 heavy (non-hydrogen) atoms. The van der Waals surface area contributed by atoms with Gasteiger partial charge in [-0.2, -0.15) is 0 Å². The Bertz CT molecular complexity index is 654. The van der Waals surface area contributed by atoms with Gasteiger partial charge in [0, 0.05) is 76.3 Å². The number of piperazine rings is 1. The number of alkyl halides is 2. The molecule has 1 aromatic rings. The number of halogens is 2. The molecule has 6 nitrogen and oxygen atoms in total. The highest BCUT2D eigenvalue weighted by molar-refractivity contribution is 5.62. The first-order valence-corrected chi connectivity index (χ1v) is 9.31. The lowest BCUT2D eigenvalue weighted by molar-refractivity contribution is -0.266. The van der Waals surface area contributed by atoms with Crippen LogP contribution in [0.3, 0.4) is 0 Å². The van der Waals surface area contributed by atoms with E-state index in [1.807, 2.05) is 23.1 Å². The molecule has 0 aliphatic carbocycles. The Hall–Kier alpha value is -1.93. The van der Waals surface area contributed by atoms with Crippen molar-refractivity contribution in [1.29, 1.82) is 0 Å². The maximum Gasteiger partial charge on any atom is 0.250 e. The van der Waals surface area contributed by atoms with Crippen molar-refractivity contribution >= 4 is 6.09 Å². The summed E-state index contributed by atoms with van der Waals surface area (Å²) in [5.41, 5.74) is 2.02. The van der Waals surface area contributed by atoms with E-state index in [0.29, 0.717) is 52.4 Å². The molecule has 0 aromatic heterocycles. The van der Waals surface area contributed by atoms with Gasteiger partial charge in [0.15, 0.2) is 0 Å². The van der Waals surface area contributed by atoms with Gasteiger partial charge in [0.05, 0.1) is 7.11 Å². The van der Waals surface area contributed by atoms with E-state index in [1.165, 1.54) is 4.90 Å². The summed E-state index contributed by atoms with van der Waals surface area (Å²) in [5.74, 6) is -1.76. The molecule has 150 valence electrons. The van der Waals surface area contributed by atoms with E-state index in [4.69, 9.17) is 4.74 Å². The van der Waals surface area contributed by atoms with Crippen LogP contribution in [0.5, 0.6) is 5.75 Å². The first kappa shape index (κ1) is 19.8. The molecule has 3 rings (SSSR count). The number of para-hydroxylation sites is 1. The highest BCUT2D eigenvalue weighted by Gasteiger charge is 2.34. The van der Waals surface area contributed by atoms with Crippen LogP contribution in [0.2, 0.25) is 0 Å². The molecule has 0 atom stereocenters. The summed E-state index contributed by atoms with van der Waals surface area (Å²) in [6.45, 7) is 4.17. The predicted octanol–water partition coefficient (Wildman–Crippen LogP) is 1.39. The number of carboxylic acid groups (broad SMARTS) is 1. The number of carbonyl (C=O) groups excluding carboxylic acids is 1. The lowest BCUT2D eigenvalue weighted by Gasteiger charge is -2.36. The van der Waals surface area contributed by atoms with Gasteiger partial charge in [0.2, 0.25) is 0 Å². The highest BCUT2D eigenvalue weighted by atomic mass is 19.3. The van der Waals surface area contributed by atoms with Gasteiger partial charge in [0.1, 0.15) is 11.8 Å². The number of likely N-dealkylation sites (tertiary alicyclic amines) is 1. The Balaban J connectivity index is 1.63. The molecule has 0 saturated carbocycles. The van der Waals surface area contributed by atoms with Gasteiger partial charge in [-0.3, -0.25) is 9.80 Å². The van der Waals surface area contributed by atoms with E-state index in [9.17, 15) is 18.7 Å². The van der Waals surface area contributed by atoms with Crippen molar-refractivity contribution in [3.8, 4) is 5.75 Å². The SMILES string of the molecule is COc1c(CN2CCN(C(=O)[O-])CC2)cccc1CN1CCC(F)(F)CC1. The largest absolute Gasteiger partial charge is 0.530 e. The third kappa shape index (κ3) is 5.07. The van der Waals surface area contributed by atoms with Crippen LogP contribution >= 0.6 is 0 Å². The number of rotatable bonds is 5. The summed E-state index contributed by atoms with van der Waals surface area (Å²) >= 11 is 0. The number of piperidine rings is 1. The Morgan fingerprint density at radius 1 is 1.04 bits per heavy atom. The van der Waals surface area contributed by atoms with Crippen LogP contribution in [0, 0.1) is 0 Å². The molecule has 2 heterocycles. The van der Waals surface area contributed by atoms with Crippen molar-refractivity contribution in [2.24, 2.45) is 0 Å². The fourth-order valence-corrected chi connectivity index (χ4v) is 3.76. The summed E-state index contributed by atoms with van der Waals surface area (Å²) in [4.78, 5) is 16.5. The van der Waals surface area contributed by atoms with Crippen LogP contribution in [0.25, 0.3) is 0 Å². The van der Waals surface area contributed by atoms with Gasteiger partial charge >= 0.3 is 0 Å². The summed E-state index contributed by atoms with van der Waals surface area (Å²) in [7, 11) is 1.63. The number of carbonyl (C=O) groups is 1. The number of amides is 1. The summed E-state index contributed by atoms with van der Waals surface area (Å²) in [5, 5.41) is 10.9. The average molecular weight is 382 g/mol. The quantitative estimate of drug-likeness (QED) is 0.770. The molecule has 1 amide bonds. The Kier molecular flexibility index (Phi) is 6.16. The molecule has 0 N–H and O–H groups in total. The lowest BCUT2D eigenvalue weighted by Crippen LogP contribution is -2.52. The molecule has 0 unspecified atom stereocenters. The van der Waals surface area contributed by atoms with Crippen LogP contribution in [0.4, 0.5) is 13.6 Å². The van der Waals surface area contributed by atoms with E-state index in [0.717, 1.165) is 16.9 Å². The molecule has 2 aliphatic heterocycles. The van der Waals surface area contributed by atoms with Crippen LogP contribution in [0.1, 0.15) is 24.0 Å². The van der Waals surface area contributed by atoms with E-state index in [-0.39, 0.29) is 12.8 Å². The zero-order valence-corrected chi connectivity index (χ0v) is 15.6. The van der Waals surface area contributed by atoms with Gasteiger partial charge in [0.25, 0.3) is 5.92 Å². The number of benzene rings is 1. The van der Waals surface area contributed by atoms with Crippen molar-refractivity contribution in [3.05, 3.63) is 29.3 Å². The molecule has 8 heteroatoms. The number of hydrogen-bond acceptors (Lipinski definition) is 5. The minimum absolute atomic E-state index is 0.0995. The lowest BCUT2D eigenvalue weighted by atomic mass is 10.0. The second-order valence-electron chi connectivity index (χ2n) is 7.27. The topological polar surface area (TPSA) is 59.1 Å². The molecule has 1 aromatic carbocycles. The molecule has 2 aliphatic rings. The van der Waals surface area contributed by atoms with Crippen molar-refractivity contribution < 1.29 is 23.4 Å². The minimum Gasteiger partial charge on any atom is -0.530 e. The summed E-state index contributed by atoms with van der Waals surface area (Å²) < 4.78 is 32.4. The third-order valence-corrected chi connectivity index (χ3v) is 5.39. The van der Waals surface area contributed by atoms with Gasteiger partial charge in [-0.05, 0) is 0 Å². The van der Waals surface area contributed by atoms with Gasteiger partial charge < -0.3 is 19.5 Å². The number of ether oxygens (including phenoxy) is 1. The summed E-state index contributed by atoms with van der Waals surface area (Å²) in [6.07, 6.45) is -1.32. The Morgan fingerprint density at radius 3 is 2.04 bits per heavy atom. The fourth-order valence-electron chi connectivity index (χ4n) is 3.76. The maximum absolute atomic E-state index is 13.4. The van der Waals surface area contributed by atoms with Crippen LogP contribution < -0.4 is 9.84 Å². The second kappa shape index (κ2) is 8.39. The van der Waals surface area contributed by atoms with Crippen molar-refractivity contribution in [3.63, 3.8) is 0 Å². The zero-order chi connectivity index (χ0) is 19.4. The molecular weight excluding hydrogens is 356 g/mol. The van der Waals surface area contributed by atoms with E-state index in [2.05, 4.69) is 4.90 Å². The highest BCUT2D eigenvalue weighted by Crippen LogP contribution is 2.31. The number of hydrogen-bond donors (Lipinski definition) is 0. The van der Waals surface area contributed by atoms with E-state index in [1.54, 1.807) is 7.11 Å². The monoisotopic (exact) mass is 382 g/mol. The molecule has 0 bridgehead atoms. The zero-order valence-electron chi connectivity index (χ0n) is 15.6. The average Bonchev–Trinajstić information content (AvgIpc) is 2.64. The minimum atomic E-state index is -2.55. The smallest absolute Gasteiger partial charge is 0.250 e. The number of nitrogens with zero attached hydrogens (tertiary/aromatic N) is 3. The van der Waals surface area contributed by atoms with Crippen molar-refractivity contribution in [1.82, 2.24) is 14.7 Å². The molecule has 2 saturated heterocycles. The normalized spacial score (nSPS) is 21.2. The van der Waals surface area contributed by atoms with Crippen molar-refractivity contribution in [2.75, 3.05) is 46.4 Å². The maximum atomic E-state index is 13.4. The molecule has 0 spiro atoms. The first-order chi connectivity index (χ1) is 12.9. The van der Waals surface area contributed by atoms with Gasteiger partial charge in [-0.1, -0.05) is 18.2 Å². The van der Waals surface area contributed by atoms with Gasteiger partial charge in [-0.25, -0.2) is 8.78 Å². The first-order valence-electron chi connectivity index (χ1n) is 9.31. The molecular formula is C19H26F2N3O3-. The molecule has 2 fully saturated rings. The van der Waals surface area contributed by atoms with E-state index >= 15 is 0 Å². The fraction of sp³-hybridized carbons (Fsp3) is 0.632. The van der Waals surface area contributed by atoms with Crippen LogP contribution in [-0.2, 0) is 13.1 Å². The van der Waals surface area contributed by atoms with Crippen LogP contribution in [-0.4, -0.2) is 73.1 Å². The second-order valence-corrected chi connectivity index (χ2v) is 7.27. The number of methoxy groups -OCH3 is 1. The molecule has 0 radical (unpaired) electrons. The Morgan fingerprint density at radius 2 is 1.56 bits per heavy atom. The summed E-state index contributed by atoms with van der Waals surface area (Å²) in [6, 6.07) is 5.93. The third-order valence-electron chi connectivity index (χ3n) is 5.39. The van der Waals surface area contributed by atoms with Crippen LogP contribution in [0.15, 0.2) is 18.2 Å². The Labute approximate surface area is 158 Å². The van der Waals surface area contributed by atoms with Gasteiger partial charge in [-0.15, -0.1) is 0 Å².